The molecule has 5 nitrogen and oxygen atoms in total. The zero-order valence-electron chi connectivity index (χ0n) is 15.7. The lowest BCUT2D eigenvalue weighted by Gasteiger charge is -2.24. The molecule has 0 fully saturated rings. The van der Waals surface area contributed by atoms with Gasteiger partial charge in [-0.1, -0.05) is 29.8 Å². The fraction of sp³-hybridized carbons (Fsp3) is 0.273. The summed E-state index contributed by atoms with van der Waals surface area (Å²) in [5, 5.41) is 10.3. The van der Waals surface area contributed by atoms with Gasteiger partial charge in [0.25, 0.3) is 5.91 Å². The Bertz CT molecular complexity index is 1130. The minimum absolute atomic E-state index is 0.0465. The van der Waals surface area contributed by atoms with Gasteiger partial charge in [0.1, 0.15) is 5.58 Å². The standard InChI is InChI=1S/C22H20ClNO4/c1-12-10-13(2)17-16(11-12)28-21-18(20(17)26)19(14-4-6-15(23)7-5-14)24(22(21)27)8-3-9-25/h4-7,10-11,19,25H,3,8-9H2,1-2H3. The van der Waals surface area contributed by atoms with Gasteiger partial charge in [-0.05, 0) is 55.2 Å². The van der Waals surface area contributed by atoms with Gasteiger partial charge in [-0.15, -0.1) is 0 Å². The molecule has 0 saturated heterocycles. The van der Waals surface area contributed by atoms with Crippen LogP contribution >= 0.6 is 11.6 Å². The third-order valence-corrected chi connectivity index (χ3v) is 5.41. The highest BCUT2D eigenvalue weighted by Crippen LogP contribution is 2.38. The van der Waals surface area contributed by atoms with Crippen LogP contribution in [0.5, 0.6) is 0 Å². The molecule has 0 saturated carbocycles. The van der Waals surface area contributed by atoms with Gasteiger partial charge in [0.2, 0.25) is 5.76 Å². The average molecular weight is 398 g/mol. The quantitative estimate of drug-likeness (QED) is 0.722. The fourth-order valence-electron chi connectivity index (χ4n) is 3.98. The maximum absolute atomic E-state index is 13.5. The van der Waals surface area contributed by atoms with Crippen molar-refractivity contribution in [2.75, 3.05) is 13.2 Å². The molecule has 3 aromatic rings. The lowest BCUT2D eigenvalue weighted by Crippen LogP contribution is -2.31. The van der Waals surface area contributed by atoms with Crippen molar-refractivity contribution >= 4 is 28.5 Å². The molecule has 0 radical (unpaired) electrons. The van der Waals surface area contributed by atoms with Gasteiger partial charge in [0, 0.05) is 18.2 Å². The number of carbonyl (C=O) groups excluding carboxylic acids is 1. The third kappa shape index (κ3) is 2.91. The summed E-state index contributed by atoms with van der Waals surface area (Å²) in [6, 6.07) is 10.3. The lowest BCUT2D eigenvalue weighted by molar-refractivity contribution is 0.0716. The van der Waals surface area contributed by atoms with Crippen molar-refractivity contribution in [3.05, 3.63) is 79.7 Å². The van der Waals surface area contributed by atoms with Crippen LogP contribution in [0.4, 0.5) is 0 Å². The first-order valence-corrected chi connectivity index (χ1v) is 9.55. The van der Waals surface area contributed by atoms with Crippen molar-refractivity contribution < 1.29 is 14.3 Å². The van der Waals surface area contributed by atoms with Gasteiger partial charge in [-0.2, -0.15) is 0 Å². The van der Waals surface area contributed by atoms with Crippen LogP contribution in [0.25, 0.3) is 11.0 Å². The van der Waals surface area contributed by atoms with Crippen molar-refractivity contribution in [1.82, 2.24) is 4.90 Å². The van der Waals surface area contributed by atoms with Crippen LogP contribution in [0.1, 0.15) is 45.3 Å². The Morgan fingerprint density at radius 2 is 1.86 bits per heavy atom. The van der Waals surface area contributed by atoms with Crippen LogP contribution in [-0.2, 0) is 0 Å². The van der Waals surface area contributed by atoms with Crippen molar-refractivity contribution in [3.63, 3.8) is 0 Å². The number of fused-ring (bicyclic) bond motifs is 2. The molecule has 1 aliphatic rings. The van der Waals surface area contributed by atoms with E-state index in [-0.39, 0.29) is 23.7 Å². The summed E-state index contributed by atoms with van der Waals surface area (Å²) in [7, 11) is 0. The zero-order valence-corrected chi connectivity index (χ0v) is 16.4. The molecule has 2 heterocycles. The van der Waals surface area contributed by atoms with Crippen LogP contribution in [0, 0.1) is 13.8 Å². The van der Waals surface area contributed by atoms with Gasteiger partial charge < -0.3 is 14.4 Å². The lowest BCUT2D eigenvalue weighted by atomic mass is 9.97. The van der Waals surface area contributed by atoms with Crippen LogP contribution in [-0.4, -0.2) is 29.1 Å². The Kier molecular flexibility index (Phi) is 4.73. The molecule has 1 unspecified atom stereocenters. The van der Waals surface area contributed by atoms with E-state index in [1.807, 2.05) is 32.0 Å². The number of hydrogen-bond acceptors (Lipinski definition) is 4. The van der Waals surface area contributed by atoms with E-state index < -0.39 is 6.04 Å². The van der Waals surface area contributed by atoms with Gasteiger partial charge in [0.15, 0.2) is 5.43 Å². The second-order valence-corrected chi connectivity index (χ2v) is 7.60. The highest BCUT2D eigenvalue weighted by atomic mass is 35.5. The van der Waals surface area contributed by atoms with E-state index >= 15 is 0 Å². The second-order valence-electron chi connectivity index (χ2n) is 7.16. The van der Waals surface area contributed by atoms with Crippen LogP contribution in [0.2, 0.25) is 5.02 Å². The van der Waals surface area contributed by atoms with E-state index in [1.54, 1.807) is 23.1 Å². The molecular formula is C22H20ClNO4. The summed E-state index contributed by atoms with van der Waals surface area (Å²) in [5.41, 5.74) is 3.16. The SMILES string of the molecule is Cc1cc(C)c2c(=O)c3c(oc2c1)C(=O)N(CCCO)C3c1ccc(Cl)cc1. The first kappa shape index (κ1) is 18.7. The Balaban J connectivity index is 2.00. The van der Waals surface area contributed by atoms with Crippen LogP contribution in [0.3, 0.4) is 0 Å². The number of carbonyl (C=O) groups is 1. The minimum Gasteiger partial charge on any atom is -0.450 e. The Hall–Kier alpha value is -2.63. The van der Waals surface area contributed by atoms with Crippen molar-refractivity contribution in [1.29, 1.82) is 0 Å². The minimum atomic E-state index is -0.562. The molecular weight excluding hydrogens is 378 g/mol. The highest BCUT2D eigenvalue weighted by Gasteiger charge is 2.42. The number of aliphatic hydroxyl groups is 1. The molecule has 4 rings (SSSR count). The van der Waals surface area contributed by atoms with E-state index in [4.69, 9.17) is 16.0 Å². The van der Waals surface area contributed by atoms with Crippen molar-refractivity contribution in [2.24, 2.45) is 0 Å². The summed E-state index contributed by atoms with van der Waals surface area (Å²) in [5.74, 6) is -0.248. The number of aliphatic hydroxyl groups excluding tert-OH is 1. The van der Waals surface area contributed by atoms with E-state index in [0.29, 0.717) is 34.5 Å². The van der Waals surface area contributed by atoms with E-state index in [9.17, 15) is 14.7 Å². The molecule has 1 aliphatic heterocycles. The van der Waals surface area contributed by atoms with Gasteiger partial charge in [0.05, 0.1) is 17.0 Å². The van der Waals surface area contributed by atoms with Crippen LogP contribution in [0.15, 0.2) is 45.6 Å². The van der Waals surface area contributed by atoms with Gasteiger partial charge in [-0.3, -0.25) is 9.59 Å². The summed E-state index contributed by atoms with van der Waals surface area (Å²) in [4.78, 5) is 28.2. The summed E-state index contributed by atoms with van der Waals surface area (Å²) >= 11 is 6.02. The first-order valence-electron chi connectivity index (χ1n) is 9.17. The van der Waals surface area contributed by atoms with Gasteiger partial charge in [-0.25, -0.2) is 0 Å². The molecule has 1 aromatic heterocycles. The highest BCUT2D eigenvalue weighted by molar-refractivity contribution is 6.30. The Labute approximate surface area is 167 Å². The smallest absolute Gasteiger partial charge is 0.290 e. The molecule has 28 heavy (non-hydrogen) atoms. The monoisotopic (exact) mass is 397 g/mol. The number of benzene rings is 2. The van der Waals surface area contributed by atoms with Gasteiger partial charge >= 0.3 is 0 Å². The number of aryl methyl sites for hydroxylation is 2. The van der Waals surface area contributed by atoms with Crippen LogP contribution < -0.4 is 5.43 Å². The predicted molar refractivity (Wildman–Crippen MR) is 108 cm³/mol. The number of halogens is 1. The molecule has 1 amide bonds. The molecule has 144 valence electrons. The zero-order chi connectivity index (χ0) is 20.0. The molecule has 0 spiro atoms. The van der Waals surface area contributed by atoms with E-state index in [2.05, 4.69) is 0 Å². The number of hydrogen-bond donors (Lipinski definition) is 1. The summed E-state index contributed by atoms with van der Waals surface area (Å²) in [6.45, 7) is 4.07. The van der Waals surface area contributed by atoms with Crippen molar-refractivity contribution in [2.45, 2.75) is 26.3 Å². The maximum Gasteiger partial charge on any atom is 0.290 e. The molecule has 0 aliphatic carbocycles. The van der Waals surface area contributed by atoms with E-state index in [1.165, 1.54) is 0 Å². The normalized spacial score (nSPS) is 16.1. The molecule has 0 bridgehead atoms. The predicted octanol–water partition coefficient (Wildman–Crippen LogP) is 3.99. The number of amides is 1. The van der Waals surface area contributed by atoms with Crippen molar-refractivity contribution in [3.8, 4) is 0 Å². The average Bonchev–Trinajstić information content (AvgIpc) is 2.92. The Morgan fingerprint density at radius 3 is 2.54 bits per heavy atom. The molecule has 1 atom stereocenters. The third-order valence-electron chi connectivity index (χ3n) is 5.16. The fourth-order valence-corrected chi connectivity index (χ4v) is 4.10. The summed E-state index contributed by atoms with van der Waals surface area (Å²) in [6.07, 6.45) is 0.412. The topological polar surface area (TPSA) is 70.8 Å². The number of rotatable bonds is 4. The second kappa shape index (κ2) is 7.08. The molecule has 2 aromatic carbocycles. The largest absolute Gasteiger partial charge is 0.450 e. The number of nitrogens with zero attached hydrogens (tertiary/aromatic N) is 1. The Morgan fingerprint density at radius 1 is 1.14 bits per heavy atom. The summed E-state index contributed by atoms with van der Waals surface area (Å²) < 4.78 is 5.96. The molecule has 1 N–H and O–H groups in total. The molecule has 6 heteroatoms. The first-order chi connectivity index (χ1) is 13.4. The maximum atomic E-state index is 13.5. The van der Waals surface area contributed by atoms with E-state index in [0.717, 1.165) is 16.7 Å².